The average Bonchev–Trinajstić information content (AvgIpc) is 2.35. The second kappa shape index (κ2) is 6.49. The first kappa shape index (κ1) is 13.8. The van der Waals surface area contributed by atoms with Crippen molar-refractivity contribution >= 4 is 6.16 Å². The fraction of sp³-hybridized carbons (Fsp3) is 0.214. The van der Waals surface area contributed by atoms with Crippen molar-refractivity contribution in [2.75, 3.05) is 7.11 Å². The largest absolute Gasteiger partial charge is 0.513 e. The molecule has 0 spiro atoms. The Labute approximate surface area is 106 Å². The van der Waals surface area contributed by atoms with Gasteiger partial charge in [0.05, 0.1) is 7.11 Å². The molecule has 0 atom stereocenters. The van der Waals surface area contributed by atoms with E-state index in [1.807, 2.05) is 0 Å². The Morgan fingerprint density at radius 3 is 2.17 bits per heavy atom. The molecule has 0 aliphatic heterocycles. The zero-order chi connectivity index (χ0) is 13.5. The van der Waals surface area contributed by atoms with Gasteiger partial charge in [-0.2, -0.15) is 0 Å². The van der Waals surface area contributed by atoms with Crippen LogP contribution in [0.5, 0.6) is 11.5 Å². The summed E-state index contributed by atoms with van der Waals surface area (Å²) in [7, 11) is 1.23. The molecule has 18 heavy (non-hydrogen) atoms. The summed E-state index contributed by atoms with van der Waals surface area (Å²) in [6.45, 7) is 7.23. The van der Waals surface area contributed by atoms with Crippen molar-refractivity contribution < 1.29 is 19.4 Å². The van der Waals surface area contributed by atoms with E-state index in [-0.39, 0.29) is 5.75 Å². The smallest absolute Gasteiger partial charge is 0.507 e. The summed E-state index contributed by atoms with van der Waals surface area (Å²) in [5.74, 6) is 0.500. The topological polar surface area (TPSA) is 55.8 Å². The number of hydrogen-bond donors (Lipinski definition) is 1. The SMILES string of the molecule is C=CCc1cc(OC(=O)OC)cc(CC=C)c1O. The molecule has 0 unspecified atom stereocenters. The highest BCUT2D eigenvalue weighted by Gasteiger charge is 2.11. The van der Waals surface area contributed by atoms with Gasteiger partial charge < -0.3 is 14.6 Å². The summed E-state index contributed by atoms with van der Waals surface area (Å²) in [6, 6.07) is 3.17. The molecule has 0 bridgehead atoms. The molecule has 96 valence electrons. The molecule has 1 aromatic rings. The first-order valence-electron chi connectivity index (χ1n) is 5.44. The van der Waals surface area contributed by atoms with Crippen LogP contribution in [-0.4, -0.2) is 18.4 Å². The Morgan fingerprint density at radius 1 is 1.28 bits per heavy atom. The molecule has 1 N–H and O–H groups in total. The van der Waals surface area contributed by atoms with Crippen molar-refractivity contribution in [2.24, 2.45) is 0 Å². The monoisotopic (exact) mass is 248 g/mol. The number of ether oxygens (including phenoxy) is 2. The zero-order valence-electron chi connectivity index (χ0n) is 10.3. The fourth-order valence-corrected chi connectivity index (χ4v) is 1.55. The highest BCUT2D eigenvalue weighted by atomic mass is 16.7. The molecule has 0 radical (unpaired) electrons. The fourth-order valence-electron chi connectivity index (χ4n) is 1.55. The van der Waals surface area contributed by atoms with Gasteiger partial charge >= 0.3 is 6.16 Å². The maximum Gasteiger partial charge on any atom is 0.513 e. The van der Waals surface area contributed by atoms with Crippen LogP contribution >= 0.6 is 0 Å². The van der Waals surface area contributed by atoms with Crippen LogP contribution in [0.15, 0.2) is 37.4 Å². The van der Waals surface area contributed by atoms with Crippen LogP contribution < -0.4 is 4.74 Å². The van der Waals surface area contributed by atoms with E-state index in [9.17, 15) is 9.90 Å². The molecular formula is C14H16O4. The molecule has 4 nitrogen and oxygen atoms in total. The van der Waals surface area contributed by atoms with Gasteiger partial charge in [0.2, 0.25) is 0 Å². The standard InChI is InChI=1S/C14H16O4/c1-4-6-10-8-12(18-14(16)17-3)9-11(7-5-2)13(10)15/h4-5,8-9,15H,1-2,6-7H2,3H3. The normalized spacial score (nSPS) is 9.61. The third-order valence-corrected chi connectivity index (χ3v) is 2.34. The maximum absolute atomic E-state index is 11.1. The molecule has 0 amide bonds. The lowest BCUT2D eigenvalue weighted by Gasteiger charge is -2.11. The van der Waals surface area contributed by atoms with Gasteiger partial charge in [-0.25, -0.2) is 4.79 Å². The number of allylic oxidation sites excluding steroid dienone is 2. The van der Waals surface area contributed by atoms with Gasteiger partial charge in [-0.05, 0) is 25.0 Å². The first-order valence-corrected chi connectivity index (χ1v) is 5.44. The summed E-state index contributed by atoms with van der Waals surface area (Å²) >= 11 is 0. The molecule has 4 heteroatoms. The molecule has 1 rings (SSSR count). The van der Waals surface area contributed by atoms with Crippen LogP contribution in [0.1, 0.15) is 11.1 Å². The number of phenols is 1. The summed E-state index contributed by atoms with van der Waals surface area (Å²) in [5, 5.41) is 10.00. The van der Waals surface area contributed by atoms with Gasteiger partial charge in [-0.15, -0.1) is 13.2 Å². The van der Waals surface area contributed by atoms with Crippen molar-refractivity contribution in [3.63, 3.8) is 0 Å². The molecule has 0 fully saturated rings. The Morgan fingerprint density at radius 2 is 1.78 bits per heavy atom. The van der Waals surface area contributed by atoms with Crippen LogP contribution in [0.25, 0.3) is 0 Å². The van der Waals surface area contributed by atoms with Crippen LogP contribution in [0, 0.1) is 0 Å². The first-order chi connectivity index (χ1) is 8.62. The van der Waals surface area contributed by atoms with Crippen molar-refractivity contribution in [1.82, 2.24) is 0 Å². The molecule has 0 aromatic heterocycles. The number of phenolic OH excluding ortho intramolecular Hbond substituents is 1. The molecular weight excluding hydrogens is 232 g/mol. The maximum atomic E-state index is 11.1. The van der Waals surface area contributed by atoms with Crippen molar-refractivity contribution in [2.45, 2.75) is 12.8 Å². The van der Waals surface area contributed by atoms with E-state index in [2.05, 4.69) is 17.9 Å². The Kier molecular flexibility index (Phi) is 4.99. The number of rotatable bonds is 5. The van der Waals surface area contributed by atoms with E-state index in [0.29, 0.717) is 29.7 Å². The third kappa shape index (κ3) is 3.38. The molecule has 0 aliphatic carbocycles. The highest BCUT2D eigenvalue weighted by molar-refractivity contribution is 5.64. The van der Waals surface area contributed by atoms with Crippen molar-refractivity contribution in [3.8, 4) is 11.5 Å². The minimum atomic E-state index is -0.796. The molecule has 0 saturated heterocycles. The molecule has 0 aliphatic rings. The van der Waals surface area contributed by atoms with Gasteiger partial charge in [0, 0.05) is 11.1 Å². The Balaban J connectivity index is 3.14. The number of carbonyl (C=O) groups excluding carboxylic acids is 1. The lowest BCUT2D eigenvalue weighted by atomic mass is 10.0. The van der Waals surface area contributed by atoms with Crippen LogP contribution in [-0.2, 0) is 17.6 Å². The van der Waals surface area contributed by atoms with E-state index in [0.717, 1.165) is 0 Å². The number of aromatic hydroxyl groups is 1. The van der Waals surface area contributed by atoms with Crippen LogP contribution in [0.2, 0.25) is 0 Å². The van der Waals surface area contributed by atoms with Crippen molar-refractivity contribution in [1.29, 1.82) is 0 Å². The Bertz CT molecular complexity index is 432. The van der Waals surface area contributed by atoms with Gasteiger partial charge in [0.1, 0.15) is 11.5 Å². The lowest BCUT2D eigenvalue weighted by Crippen LogP contribution is -2.08. The van der Waals surface area contributed by atoms with Gasteiger partial charge in [-0.1, -0.05) is 12.2 Å². The predicted molar refractivity (Wildman–Crippen MR) is 68.9 cm³/mol. The second-order valence-corrected chi connectivity index (χ2v) is 3.63. The van der Waals surface area contributed by atoms with Crippen LogP contribution in [0.3, 0.4) is 0 Å². The van der Waals surface area contributed by atoms with Gasteiger partial charge in [0.25, 0.3) is 0 Å². The highest BCUT2D eigenvalue weighted by Crippen LogP contribution is 2.30. The second-order valence-electron chi connectivity index (χ2n) is 3.63. The van der Waals surface area contributed by atoms with Gasteiger partial charge in [-0.3, -0.25) is 0 Å². The predicted octanol–water partition coefficient (Wildman–Crippen LogP) is 2.99. The summed E-state index contributed by atoms with van der Waals surface area (Å²) in [4.78, 5) is 11.1. The third-order valence-electron chi connectivity index (χ3n) is 2.34. The Hall–Kier alpha value is -2.23. The number of hydrogen-bond acceptors (Lipinski definition) is 4. The molecule has 1 aromatic carbocycles. The average molecular weight is 248 g/mol. The summed E-state index contributed by atoms with van der Waals surface area (Å²) < 4.78 is 9.37. The van der Waals surface area contributed by atoms with Crippen molar-refractivity contribution in [3.05, 3.63) is 48.6 Å². The van der Waals surface area contributed by atoms with Gasteiger partial charge in [0.15, 0.2) is 0 Å². The minimum Gasteiger partial charge on any atom is -0.507 e. The quantitative estimate of drug-likeness (QED) is 0.494. The van der Waals surface area contributed by atoms with E-state index < -0.39 is 6.16 Å². The molecule has 0 saturated carbocycles. The summed E-state index contributed by atoms with van der Waals surface area (Å²) in [5.41, 5.74) is 1.28. The molecule has 0 heterocycles. The summed E-state index contributed by atoms with van der Waals surface area (Å²) in [6.07, 6.45) is 3.49. The number of methoxy groups -OCH3 is 1. The van der Waals surface area contributed by atoms with E-state index in [1.54, 1.807) is 24.3 Å². The van der Waals surface area contributed by atoms with E-state index in [4.69, 9.17) is 4.74 Å². The zero-order valence-corrected chi connectivity index (χ0v) is 10.3. The number of carbonyl (C=O) groups is 1. The minimum absolute atomic E-state index is 0.173. The van der Waals surface area contributed by atoms with E-state index in [1.165, 1.54) is 7.11 Å². The number of benzene rings is 1. The van der Waals surface area contributed by atoms with Crippen LogP contribution in [0.4, 0.5) is 4.79 Å². The lowest BCUT2D eigenvalue weighted by molar-refractivity contribution is 0.121. The van der Waals surface area contributed by atoms with E-state index >= 15 is 0 Å².